The SMILES string of the molecule is COc1cc(NC(=O)N2C=CC(=O)C[C@H]2c2ccc(F)cc2)c(Br)cc1C. The Kier molecular flexibility index (Phi) is 5.60. The second kappa shape index (κ2) is 7.92. The lowest BCUT2D eigenvalue weighted by Gasteiger charge is -2.31. The number of nitrogens with zero attached hydrogens (tertiary/aromatic N) is 1. The Hall–Kier alpha value is -2.67. The number of urea groups is 1. The summed E-state index contributed by atoms with van der Waals surface area (Å²) < 4.78 is 19.2. The zero-order valence-corrected chi connectivity index (χ0v) is 16.4. The van der Waals surface area contributed by atoms with Crippen LogP contribution in [0.3, 0.4) is 0 Å². The molecule has 1 atom stereocenters. The van der Waals surface area contributed by atoms with Gasteiger partial charge in [-0.3, -0.25) is 9.69 Å². The van der Waals surface area contributed by atoms with Gasteiger partial charge in [-0.2, -0.15) is 0 Å². The molecule has 2 aromatic rings. The molecule has 5 nitrogen and oxygen atoms in total. The van der Waals surface area contributed by atoms with Gasteiger partial charge in [0.2, 0.25) is 0 Å². The lowest BCUT2D eigenvalue weighted by atomic mass is 9.97. The van der Waals surface area contributed by atoms with Gasteiger partial charge in [-0.05, 0) is 58.3 Å². The number of rotatable bonds is 3. The number of benzene rings is 2. The van der Waals surface area contributed by atoms with E-state index in [1.165, 1.54) is 29.3 Å². The maximum absolute atomic E-state index is 13.2. The molecular formula is C20H18BrFN2O3. The minimum atomic E-state index is -0.505. The quantitative estimate of drug-likeness (QED) is 0.744. The molecule has 1 aliphatic heterocycles. The molecule has 2 amide bonds. The number of allylic oxidation sites excluding steroid dienone is 1. The standard InChI is InChI=1S/C20H18BrFN2O3/c1-12-9-16(21)17(11-19(12)27-2)23-20(26)24-8-7-15(25)10-18(24)13-3-5-14(22)6-4-13/h3-9,11,18H,10H2,1-2H3,(H,23,26)/t18-/m0/s1. The summed E-state index contributed by atoms with van der Waals surface area (Å²) in [4.78, 5) is 26.2. The van der Waals surface area contributed by atoms with Gasteiger partial charge in [0.15, 0.2) is 5.78 Å². The van der Waals surface area contributed by atoms with Crippen molar-refractivity contribution in [3.05, 3.63) is 70.1 Å². The molecule has 0 fully saturated rings. The Morgan fingerprint density at radius 2 is 2.00 bits per heavy atom. The Labute approximate surface area is 164 Å². The summed E-state index contributed by atoms with van der Waals surface area (Å²) in [6, 6.07) is 8.46. The number of hydrogen-bond donors (Lipinski definition) is 1. The van der Waals surface area contributed by atoms with Gasteiger partial charge in [0.05, 0.1) is 18.8 Å². The Balaban J connectivity index is 1.88. The van der Waals surface area contributed by atoms with E-state index in [-0.39, 0.29) is 18.0 Å². The third-order valence-corrected chi connectivity index (χ3v) is 5.02. The maximum Gasteiger partial charge on any atom is 0.326 e. The fourth-order valence-electron chi connectivity index (χ4n) is 2.95. The van der Waals surface area contributed by atoms with Crippen LogP contribution in [0.5, 0.6) is 5.75 Å². The van der Waals surface area contributed by atoms with E-state index in [1.807, 2.05) is 13.0 Å². The number of ether oxygens (including phenoxy) is 1. The van der Waals surface area contributed by atoms with Crippen molar-refractivity contribution < 1.29 is 18.7 Å². The number of carbonyl (C=O) groups excluding carboxylic acids is 2. The third kappa shape index (κ3) is 4.19. The molecule has 1 aliphatic rings. The summed E-state index contributed by atoms with van der Waals surface area (Å²) in [5.74, 6) is 0.183. The molecule has 0 unspecified atom stereocenters. The molecule has 1 N–H and O–H groups in total. The number of nitrogens with one attached hydrogen (secondary N) is 1. The molecule has 2 aromatic carbocycles. The fraction of sp³-hybridized carbons (Fsp3) is 0.200. The first-order valence-corrected chi connectivity index (χ1v) is 9.08. The van der Waals surface area contributed by atoms with Crippen LogP contribution in [0.2, 0.25) is 0 Å². The van der Waals surface area contributed by atoms with Crippen LogP contribution in [0.4, 0.5) is 14.9 Å². The predicted molar refractivity (Wildman–Crippen MR) is 104 cm³/mol. The number of methoxy groups -OCH3 is 1. The molecule has 0 spiro atoms. The molecule has 3 rings (SSSR count). The smallest absolute Gasteiger partial charge is 0.326 e. The number of hydrogen-bond acceptors (Lipinski definition) is 3. The lowest BCUT2D eigenvalue weighted by molar-refractivity contribution is -0.116. The minimum absolute atomic E-state index is 0.0911. The van der Waals surface area contributed by atoms with E-state index in [1.54, 1.807) is 25.3 Å². The molecule has 140 valence electrons. The van der Waals surface area contributed by atoms with E-state index in [9.17, 15) is 14.0 Å². The summed E-state index contributed by atoms with van der Waals surface area (Å²) in [5.41, 5.74) is 2.16. The van der Waals surface area contributed by atoms with E-state index in [2.05, 4.69) is 21.2 Å². The summed E-state index contributed by atoms with van der Waals surface area (Å²) in [6.45, 7) is 1.90. The van der Waals surface area contributed by atoms with E-state index < -0.39 is 12.1 Å². The normalized spacial score (nSPS) is 16.4. The van der Waals surface area contributed by atoms with Crippen LogP contribution >= 0.6 is 15.9 Å². The van der Waals surface area contributed by atoms with Crippen LogP contribution in [-0.4, -0.2) is 23.8 Å². The Morgan fingerprint density at radius 3 is 2.67 bits per heavy atom. The average molecular weight is 433 g/mol. The van der Waals surface area contributed by atoms with Gasteiger partial charge >= 0.3 is 6.03 Å². The van der Waals surface area contributed by atoms with Gasteiger partial charge in [-0.25, -0.2) is 9.18 Å². The first-order valence-electron chi connectivity index (χ1n) is 8.29. The van der Waals surface area contributed by atoms with Gasteiger partial charge in [0.1, 0.15) is 11.6 Å². The van der Waals surface area contributed by atoms with Crippen molar-refractivity contribution in [2.75, 3.05) is 12.4 Å². The number of aryl methyl sites for hydroxylation is 1. The van der Waals surface area contributed by atoms with Crippen molar-refractivity contribution >= 4 is 33.4 Å². The van der Waals surface area contributed by atoms with Crippen LogP contribution in [0.1, 0.15) is 23.6 Å². The largest absolute Gasteiger partial charge is 0.496 e. The number of amides is 2. The zero-order valence-electron chi connectivity index (χ0n) is 14.8. The highest BCUT2D eigenvalue weighted by molar-refractivity contribution is 9.10. The van der Waals surface area contributed by atoms with Crippen molar-refractivity contribution in [1.29, 1.82) is 0 Å². The Bertz CT molecular complexity index is 912. The molecule has 1 heterocycles. The highest BCUT2D eigenvalue weighted by Crippen LogP contribution is 2.33. The number of halogens is 2. The maximum atomic E-state index is 13.2. The van der Waals surface area contributed by atoms with Crippen molar-refractivity contribution in [2.45, 2.75) is 19.4 Å². The highest BCUT2D eigenvalue weighted by atomic mass is 79.9. The summed E-state index contributed by atoms with van der Waals surface area (Å²) >= 11 is 3.44. The molecule has 0 bridgehead atoms. The third-order valence-electron chi connectivity index (χ3n) is 4.37. The van der Waals surface area contributed by atoms with Gasteiger partial charge < -0.3 is 10.1 Å². The van der Waals surface area contributed by atoms with Gasteiger partial charge in [0, 0.05) is 23.2 Å². The van der Waals surface area contributed by atoms with E-state index >= 15 is 0 Å². The summed E-state index contributed by atoms with van der Waals surface area (Å²) in [5, 5.41) is 2.83. The first kappa shape index (κ1) is 19.1. The highest BCUT2D eigenvalue weighted by Gasteiger charge is 2.29. The van der Waals surface area contributed by atoms with Crippen LogP contribution in [0.15, 0.2) is 53.1 Å². The molecule has 27 heavy (non-hydrogen) atoms. The molecule has 0 radical (unpaired) electrons. The van der Waals surface area contributed by atoms with Gasteiger partial charge in [-0.1, -0.05) is 12.1 Å². The second-order valence-corrected chi connectivity index (χ2v) is 7.05. The molecule has 7 heteroatoms. The van der Waals surface area contributed by atoms with E-state index in [0.717, 1.165) is 5.56 Å². The lowest BCUT2D eigenvalue weighted by Crippen LogP contribution is -2.37. The summed E-state index contributed by atoms with van der Waals surface area (Å²) in [7, 11) is 1.56. The molecule has 0 saturated carbocycles. The zero-order chi connectivity index (χ0) is 19.6. The van der Waals surface area contributed by atoms with Crippen LogP contribution in [0.25, 0.3) is 0 Å². The minimum Gasteiger partial charge on any atom is -0.496 e. The molecule has 0 aromatic heterocycles. The monoisotopic (exact) mass is 432 g/mol. The summed E-state index contributed by atoms with van der Waals surface area (Å²) in [6.07, 6.45) is 2.95. The van der Waals surface area contributed by atoms with Crippen molar-refractivity contribution in [3.63, 3.8) is 0 Å². The van der Waals surface area contributed by atoms with Crippen LogP contribution in [-0.2, 0) is 4.79 Å². The van der Waals surface area contributed by atoms with Crippen molar-refractivity contribution in [1.82, 2.24) is 4.90 Å². The van der Waals surface area contributed by atoms with Crippen LogP contribution < -0.4 is 10.1 Å². The predicted octanol–water partition coefficient (Wildman–Crippen LogP) is 4.97. The van der Waals surface area contributed by atoms with E-state index in [0.29, 0.717) is 21.5 Å². The average Bonchev–Trinajstić information content (AvgIpc) is 2.64. The van der Waals surface area contributed by atoms with Gasteiger partial charge in [0.25, 0.3) is 0 Å². The number of anilines is 1. The fourth-order valence-corrected chi connectivity index (χ4v) is 3.50. The topological polar surface area (TPSA) is 58.6 Å². The molecular weight excluding hydrogens is 415 g/mol. The van der Waals surface area contributed by atoms with Crippen LogP contribution in [0, 0.1) is 12.7 Å². The van der Waals surface area contributed by atoms with E-state index in [4.69, 9.17) is 4.74 Å². The van der Waals surface area contributed by atoms with Crippen molar-refractivity contribution in [2.24, 2.45) is 0 Å². The number of ketones is 1. The second-order valence-electron chi connectivity index (χ2n) is 6.19. The first-order chi connectivity index (χ1) is 12.9. The van der Waals surface area contributed by atoms with Gasteiger partial charge in [-0.15, -0.1) is 0 Å². The molecule has 0 aliphatic carbocycles. The number of carbonyl (C=O) groups is 2. The molecule has 0 saturated heterocycles. The van der Waals surface area contributed by atoms with Crippen molar-refractivity contribution in [3.8, 4) is 5.75 Å². The Morgan fingerprint density at radius 1 is 1.30 bits per heavy atom.